The minimum atomic E-state index is -0.727. The zero-order valence-corrected chi connectivity index (χ0v) is 9.87. The molecule has 1 aromatic rings. The maximum Gasteiger partial charge on any atom is 0.260 e. The number of rotatable bonds is 5. The SMILES string of the molecule is CCN(CC)C(=O)COc1cc(F)cc(F)c1. The highest BCUT2D eigenvalue weighted by atomic mass is 19.1. The van der Waals surface area contributed by atoms with Gasteiger partial charge in [0, 0.05) is 31.3 Å². The van der Waals surface area contributed by atoms with Crippen molar-refractivity contribution in [3.8, 4) is 5.75 Å². The first-order valence-electron chi connectivity index (χ1n) is 5.43. The zero-order valence-electron chi connectivity index (χ0n) is 9.87. The predicted molar refractivity (Wildman–Crippen MR) is 59.8 cm³/mol. The molecule has 1 aromatic carbocycles. The molecule has 17 heavy (non-hydrogen) atoms. The van der Waals surface area contributed by atoms with Gasteiger partial charge in [0.25, 0.3) is 5.91 Å². The molecule has 0 saturated heterocycles. The molecule has 1 amide bonds. The molecule has 1 rings (SSSR count). The summed E-state index contributed by atoms with van der Waals surface area (Å²) in [5.74, 6) is -1.65. The van der Waals surface area contributed by atoms with Crippen LogP contribution in [0.25, 0.3) is 0 Å². The highest BCUT2D eigenvalue weighted by Gasteiger charge is 2.10. The standard InChI is InChI=1S/C12H15F2NO2/c1-3-15(4-2)12(16)8-17-11-6-9(13)5-10(14)7-11/h5-7H,3-4,8H2,1-2H3. The van der Waals surface area contributed by atoms with E-state index in [1.54, 1.807) is 4.90 Å². The molecule has 0 aliphatic heterocycles. The molecule has 0 aliphatic carbocycles. The lowest BCUT2D eigenvalue weighted by Crippen LogP contribution is -2.34. The minimum Gasteiger partial charge on any atom is -0.484 e. The van der Waals surface area contributed by atoms with E-state index in [-0.39, 0.29) is 18.3 Å². The molecule has 3 nitrogen and oxygen atoms in total. The molecule has 5 heteroatoms. The Balaban J connectivity index is 2.58. The van der Waals surface area contributed by atoms with Gasteiger partial charge in [-0.15, -0.1) is 0 Å². The van der Waals surface area contributed by atoms with Crippen molar-refractivity contribution >= 4 is 5.91 Å². The van der Waals surface area contributed by atoms with Gasteiger partial charge in [0.1, 0.15) is 17.4 Å². The van der Waals surface area contributed by atoms with Gasteiger partial charge in [-0.2, -0.15) is 0 Å². The van der Waals surface area contributed by atoms with E-state index in [2.05, 4.69) is 0 Å². The first-order chi connectivity index (χ1) is 8.06. The van der Waals surface area contributed by atoms with Gasteiger partial charge in [0.05, 0.1) is 0 Å². The van der Waals surface area contributed by atoms with Crippen molar-refractivity contribution in [3.05, 3.63) is 29.8 Å². The molecule has 0 aliphatic rings. The van der Waals surface area contributed by atoms with Crippen molar-refractivity contribution in [1.29, 1.82) is 0 Å². The molecule has 0 aromatic heterocycles. The van der Waals surface area contributed by atoms with E-state index in [4.69, 9.17) is 4.74 Å². The van der Waals surface area contributed by atoms with Gasteiger partial charge in [-0.25, -0.2) is 8.78 Å². The molecule has 0 spiro atoms. The summed E-state index contributed by atoms with van der Waals surface area (Å²) in [5, 5.41) is 0. The zero-order chi connectivity index (χ0) is 12.8. The van der Waals surface area contributed by atoms with E-state index in [0.29, 0.717) is 13.1 Å². The second-order valence-corrected chi connectivity index (χ2v) is 3.46. The van der Waals surface area contributed by atoms with Crippen molar-refractivity contribution in [1.82, 2.24) is 4.90 Å². The number of carbonyl (C=O) groups excluding carboxylic acids is 1. The lowest BCUT2D eigenvalue weighted by Gasteiger charge is -2.18. The third kappa shape index (κ3) is 4.01. The highest BCUT2D eigenvalue weighted by molar-refractivity contribution is 5.77. The Morgan fingerprint density at radius 3 is 2.18 bits per heavy atom. The Morgan fingerprint density at radius 1 is 1.18 bits per heavy atom. The Kier molecular flexibility index (Phi) is 4.87. The second kappa shape index (κ2) is 6.18. The first kappa shape index (κ1) is 13.4. The topological polar surface area (TPSA) is 29.5 Å². The van der Waals surface area contributed by atoms with Gasteiger partial charge in [-0.1, -0.05) is 0 Å². The first-order valence-corrected chi connectivity index (χ1v) is 5.43. The van der Waals surface area contributed by atoms with Crippen molar-refractivity contribution < 1.29 is 18.3 Å². The lowest BCUT2D eigenvalue weighted by molar-refractivity contribution is -0.132. The monoisotopic (exact) mass is 243 g/mol. The average molecular weight is 243 g/mol. The Labute approximate surface area is 99.0 Å². The van der Waals surface area contributed by atoms with Gasteiger partial charge in [-0.05, 0) is 13.8 Å². The van der Waals surface area contributed by atoms with Crippen LogP contribution in [0.3, 0.4) is 0 Å². The fourth-order valence-corrected chi connectivity index (χ4v) is 1.42. The molecule has 0 fully saturated rings. The number of halogens is 2. The molecule has 0 bridgehead atoms. The third-order valence-electron chi connectivity index (χ3n) is 2.31. The van der Waals surface area contributed by atoms with Crippen LogP contribution in [0.15, 0.2) is 18.2 Å². The number of carbonyl (C=O) groups is 1. The molecular formula is C12H15F2NO2. The summed E-state index contributed by atoms with van der Waals surface area (Å²) < 4.78 is 30.7. The molecule has 94 valence electrons. The van der Waals surface area contributed by atoms with Crippen molar-refractivity contribution in [2.75, 3.05) is 19.7 Å². The largest absolute Gasteiger partial charge is 0.484 e. The number of nitrogens with zero attached hydrogens (tertiary/aromatic N) is 1. The molecular weight excluding hydrogens is 228 g/mol. The highest BCUT2D eigenvalue weighted by Crippen LogP contribution is 2.15. The Bertz CT molecular complexity index is 372. The number of ether oxygens (including phenoxy) is 1. The summed E-state index contributed by atoms with van der Waals surface area (Å²) >= 11 is 0. The normalized spacial score (nSPS) is 10.1. The summed E-state index contributed by atoms with van der Waals surface area (Å²) in [6.45, 7) is 4.64. The van der Waals surface area contributed by atoms with Crippen LogP contribution < -0.4 is 4.74 Å². The van der Waals surface area contributed by atoms with E-state index in [1.165, 1.54) is 0 Å². The van der Waals surface area contributed by atoms with Crippen molar-refractivity contribution in [2.45, 2.75) is 13.8 Å². The maximum atomic E-state index is 12.8. The van der Waals surface area contributed by atoms with Crippen LogP contribution in [0, 0.1) is 11.6 Å². The fraction of sp³-hybridized carbons (Fsp3) is 0.417. The van der Waals surface area contributed by atoms with Crippen molar-refractivity contribution in [3.63, 3.8) is 0 Å². The minimum absolute atomic E-state index is 0.0167. The molecule has 0 radical (unpaired) electrons. The summed E-state index contributed by atoms with van der Waals surface area (Å²) in [6, 6.07) is 2.83. The molecule has 0 N–H and O–H groups in total. The maximum absolute atomic E-state index is 12.8. The molecule has 0 saturated carbocycles. The van der Waals surface area contributed by atoms with Crippen LogP contribution >= 0.6 is 0 Å². The summed E-state index contributed by atoms with van der Waals surface area (Å²) in [5.41, 5.74) is 0. The van der Waals surface area contributed by atoms with Crippen LogP contribution in [0.4, 0.5) is 8.78 Å². The van der Waals surface area contributed by atoms with Gasteiger partial charge in [0.2, 0.25) is 0 Å². The Morgan fingerprint density at radius 2 is 1.71 bits per heavy atom. The van der Waals surface area contributed by atoms with Crippen LogP contribution in [-0.2, 0) is 4.79 Å². The van der Waals surface area contributed by atoms with E-state index in [0.717, 1.165) is 18.2 Å². The number of benzene rings is 1. The fourth-order valence-electron chi connectivity index (χ4n) is 1.42. The molecule has 0 heterocycles. The molecule has 0 unspecified atom stereocenters. The number of hydrogen-bond donors (Lipinski definition) is 0. The van der Waals surface area contributed by atoms with E-state index < -0.39 is 11.6 Å². The van der Waals surface area contributed by atoms with Crippen molar-refractivity contribution in [2.24, 2.45) is 0 Å². The summed E-state index contributed by atoms with van der Waals surface area (Å²) in [4.78, 5) is 13.1. The molecule has 0 atom stereocenters. The number of likely N-dealkylation sites (N-methyl/N-ethyl adjacent to an activating group) is 1. The average Bonchev–Trinajstić information content (AvgIpc) is 2.27. The third-order valence-corrected chi connectivity index (χ3v) is 2.31. The van der Waals surface area contributed by atoms with Gasteiger partial charge in [0.15, 0.2) is 6.61 Å². The van der Waals surface area contributed by atoms with E-state index in [9.17, 15) is 13.6 Å². The van der Waals surface area contributed by atoms with Gasteiger partial charge >= 0.3 is 0 Å². The quantitative estimate of drug-likeness (QED) is 0.793. The smallest absolute Gasteiger partial charge is 0.260 e. The van der Waals surface area contributed by atoms with Gasteiger partial charge < -0.3 is 9.64 Å². The van der Waals surface area contributed by atoms with Crippen LogP contribution in [0.2, 0.25) is 0 Å². The summed E-state index contributed by atoms with van der Waals surface area (Å²) in [6.07, 6.45) is 0. The predicted octanol–water partition coefficient (Wildman–Crippen LogP) is 2.21. The van der Waals surface area contributed by atoms with Crippen LogP contribution in [0.5, 0.6) is 5.75 Å². The second-order valence-electron chi connectivity index (χ2n) is 3.46. The van der Waals surface area contributed by atoms with E-state index in [1.807, 2.05) is 13.8 Å². The van der Waals surface area contributed by atoms with E-state index >= 15 is 0 Å². The lowest BCUT2D eigenvalue weighted by atomic mass is 10.3. The Hall–Kier alpha value is -1.65. The van der Waals surface area contributed by atoms with Crippen LogP contribution in [0.1, 0.15) is 13.8 Å². The number of hydrogen-bond acceptors (Lipinski definition) is 2. The van der Waals surface area contributed by atoms with Gasteiger partial charge in [-0.3, -0.25) is 4.79 Å². The number of amides is 1. The summed E-state index contributed by atoms with van der Waals surface area (Å²) in [7, 11) is 0. The van der Waals surface area contributed by atoms with Crippen LogP contribution in [-0.4, -0.2) is 30.5 Å².